The second-order valence-electron chi connectivity index (χ2n) is 7.84. The number of non-ortho nitro benzene ring substituents is 1. The van der Waals surface area contributed by atoms with Gasteiger partial charge in [0.1, 0.15) is 0 Å². The number of benzene rings is 1. The normalized spacial score (nSPS) is 12.5. The summed E-state index contributed by atoms with van der Waals surface area (Å²) in [5, 5.41) is 18.6. The minimum atomic E-state index is -1.09. The Hall–Kier alpha value is -2.95. The Labute approximate surface area is 193 Å². The van der Waals surface area contributed by atoms with Gasteiger partial charge >= 0.3 is 5.97 Å². The van der Waals surface area contributed by atoms with Gasteiger partial charge in [-0.2, -0.15) is 0 Å². The molecule has 0 aliphatic heterocycles. The molecule has 1 aromatic rings. The fourth-order valence-electron chi connectivity index (χ4n) is 2.76. The highest BCUT2D eigenvalue weighted by Gasteiger charge is 2.06. The van der Waals surface area contributed by atoms with Gasteiger partial charge < -0.3 is 5.11 Å². The molecule has 0 saturated carbocycles. The van der Waals surface area contributed by atoms with Crippen molar-refractivity contribution in [1.29, 1.82) is 0 Å². The van der Waals surface area contributed by atoms with E-state index in [0.717, 1.165) is 18.6 Å². The van der Waals surface area contributed by atoms with Crippen molar-refractivity contribution >= 4 is 11.7 Å². The molecular formula is C27H39NO4. The van der Waals surface area contributed by atoms with E-state index < -0.39 is 10.9 Å². The summed E-state index contributed by atoms with van der Waals surface area (Å²) in [5.74, 6) is -1.09. The molecule has 0 spiro atoms. The molecular weight excluding hydrogens is 402 g/mol. The molecule has 0 aromatic heterocycles. The highest BCUT2D eigenvalue weighted by atomic mass is 16.6. The second kappa shape index (κ2) is 17.7. The maximum absolute atomic E-state index is 10.3. The standard InChI is InChI=1S/C20H34.C7H5NO4/c1-6-8-9-10-13-19(4)16-12-17-20(5)15-11-14-18(3)7-2;9-7(10)5-1-3-6(4-2-5)8(11)12/h7-9,15-16H,6,10-14,17H2,1-5H3;1-4H,(H,9,10)/b9-8?,18-7-,19-16-,20-15+;. The largest absolute Gasteiger partial charge is 0.478 e. The van der Waals surface area contributed by atoms with E-state index in [0.29, 0.717) is 0 Å². The van der Waals surface area contributed by atoms with Crippen LogP contribution in [0.5, 0.6) is 0 Å². The van der Waals surface area contributed by atoms with Gasteiger partial charge in [-0.1, -0.05) is 54.0 Å². The van der Waals surface area contributed by atoms with Crippen LogP contribution >= 0.6 is 0 Å². The maximum atomic E-state index is 10.3. The smallest absolute Gasteiger partial charge is 0.335 e. The Balaban J connectivity index is 0.000000677. The number of aromatic carboxylic acids is 1. The zero-order chi connectivity index (χ0) is 24.4. The van der Waals surface area contributed by atoms with E-state index in [-0.39, 0.29) is 11.3 Å². The van der Waals surface area contributed by atoms with Crippen molar-refractivity contribution in [3.63, 3.8) is 0 Å². The third-order valence-electron chi connectivity index (χ3n) is 4.99. The first-order valence-corrected chi connectivity index (χ1v) is 11.3. The summed E-state index contributed by atoms with van der Waals surface area (Å²) in [4.78, 5) is 19.9. The van der Waals surface area contributed by atoms with Crippen LogP contribution in [0.15, 0.2) is 71.4 Å². The van der Waals surface area contributed by atoms with E-state index in [1.165, 1.54) is 67.4 Å². The summed E-state index contributed by atoms with van der Waals surface area (Å²) in [6.45, 7) is 11.0. The molecule has 0 amide bonds. The average Bonchev–Trinajstić information content (AvgIpc) is 2.77. The minimum absolute atomic E-state index is 0.0422. The molecule has 0 radical (unpaired) electrons. The van der Waals surface area contributed by atoms with Gasteiger partial charge in [0.25, 0.3) is 5.69 Å². The van der Waals surface area contributed by atoms with E-state index in [4.69, 9.17) is 5.11 Å². The lowest BCUT2D eigenvalue weighted by Gasteiger charge is -2.02. The van der Waals surface area contributed by atoms with Gasteiger partial charge in [0.2, 0.25) is 0 Å². The third-order valence-corrected chi connectivity index (χ3v) is 4.99. The Morgan fingerprint density at radius 3 is 1.84 bits per heavy atom. The summed E-state index contributed by atoms with van der Waals surface area (Å²) in [6, 6.07) is 4.70. The first-order chi connectivity index (χ1) is 15.2. The van der Waals surface area contributed by atoms with Crippen LogP contribution < -0.4 is 0 Å². The molecule has 5 nitrogen and oxygen atoms in total. The van der Waals surface area contributed by atoms with Gasteiger partial charge in [-0.05, 0) is 84.8 Å². The zero-order valence-corrected chi connectivity index (χ0v) is 20.3. The number of carboxylic acid groups (broad SMARTS) is 1. The number of nitrogens with zero attached hydrogens (tertiary/aromatic N) is 1. The van der Waals surface area contributed by atoms with Gasteiger partial charge in [-0.3, -0.25) is 10.1 Å². The monoisotopic (exact) mass is 441 g/mol. The predicted octanol–water partition coefficient (Wildman–Crippen LogP) is 8.45. The molecule has 0 unspecified atom stereocenters. The highest BCUT2D eigenvalue weighted by Crippen LogP contribution is 2.13. The molecule has 5 heteroatoms. The predicted molar refractivity (Wildman–Crippen MR) is 134 cm³/mol. The lowest BCUT2D eigenvalue weighted by Crippen LogP contribution is -1.96. The lowest BCUT2D eigenvalue weighted by atomic mass is 10.0. The number of nitro benzene ring substituents is 1. The van der Waals surface area contributed by atoms with Gasteiger partial charge in [0.15, 0.2) is 0 Å². The van der Waals surface area contributed by atoms with Gasteiger partial charge in [0, 0.05) is 12.1 Å². The number of rotatable bonds is 12. The summed E-state index contributed by atoms with van der Waals surface area (Å²) in [5.41, 5.74) is 4.48. The molecule has 0 aliphatic carbocycles. The van der Waals surface area contributed by atoms with Crippen molar-refractivity contribution in [2.45, 2.75) is 79.6 Å². The number of allylic oxidation sites excluding steroid dienone is 8. The van der Waals surface area contributed by atoms with Crippen molar-refractivity contribution in [2.24, 2.45) is 0 Å². The Morgan fingerprint density at radius 2 is 1.41 bits per heavy atom. The van der Waals surface area contributed by atoms with Crippen molar-refractivity contribution in [3.05, 3.63) is 87.0 Å². The number of hydrogen-bond acceptors (Lipinski definition) is 3. The number of hydrogen-bond donors (Lipinski definition) is 1. The Kier molecular flexibility index (Phi) is 16.1. The summed E-state index contributed by atoms with van der Waals surface area (Å²) in [6.07, 6.45) is 19.9. The first kappa shape index (κ1) is 29.1. The number of carboxylic acids is 1. The Bertz CT molecular complexity index is 782. The number of nitro groups is 1. The fourth-order valence-corrected chi connectivity index (χ4v) is 2.76. The van der Waals surface area contributed by atoms with Crippen LogP contribution in [-0.2, 0) is 0 Å². The van der Waals surface area contributed by atoms with Crippen molar-refractivity contribution in [2.75, 3.05) is 0 Å². The molecule has 0 saturated heterocycles. The van der Waals surface area contributed by atoms with Gasteiger partial charge in [0.05, 0.1) is 10.5 Å². The van der Waals surface area contributed by atoms with Crippen molar-refractivity contribution in [3.8, 4) is 0 Å². The molecule has 0 aliphatic rings. The third kappa shape index (κ3) is 14.9. The van der Waals surface area contributed by atoms with Crippen molar-refractivity contribution in [1.82, 2.24) is 0 Å². The van der Waals surface area contributed by atoms with E-state index in [9.17, 15) is 14.9 Å². The molecule has 0 heterocycles. The van der Waals surface area contributed by atoms with Crippen LogP contribution in [0.4, 0.5) is 5.69 Å². The SMILES string of the molecule is C/C=C(/C)CC/C=C(\C)CC/C=C(/C)CCC=CCC.O=C(O)c1ccc([N+](=O)[O-])cc1. The van der Waals surface area contributed by atoms with Crippen molar-refractivity contribution < 1.29 is 14.8 Å². The molecule has 32 heavy (non-hydrogen) atoms. The van der Waals surface area contributed by atoms with Gasteiger partial charge in [-0.25, -0.2) is 4.79 Å². The summed E-state index contributed by atoms with van der Waals surface area (Å²) < 4.78 is 0. The molecule has 1 aromatic carbocycles. The zero-order valence-electron chi connectivity index (χ0n) is 20.3. The lowest BCUT2D eigenvalue weighted by molar-refractivity contribution is -0.384. The molecule has 0 bridgehead atoms. The highest BCUT2D eigenvalue weighted by molar-refractivity contribution is 5.87. The Morgan fingerprint density at radius 1 is 0.906 bits per heavy atom. The molecule has 176 valence electrons. The van der Waals surface area contributed by atoms with E-state index in [1.54, 1.807) is 0 Å². The van der Waals surface area contributed by atoms with E-state index in [1.807, 2.05) is 0 Å². The van der Waals surface area contributed by atoms with Gasteiger partial charge in [-0.15, -0.1) is 0 Å². The first-order valence-electron chi connectivity index (χ1n) is 11.3. The van der Waals surface area contributed by atoms with Crippen LogP contribution in [0.1, 0.15) is 89.9 Å². The maximum Gasteiger partial charge on any atom is 0.335 e. The molecule has 1 rings (SSSR count). The molecule has 0 atom stereocenters. The summed E-state index contributed by atoms with van der Waals surface area (Å²) >= 11 is 0. The minimum Gasteiger partial charge on any atom is -0.478 e. The van der Waals surface area contributed by atoms with Crippen LogP contribution in [0.3, 0.4) is 0 Å². The quantitative estimate of drug-likeness (QED) is 0.200. The van der Waals surface area contributed by atoms with Crippen LogP contribution in [0.25, 0.3) is 0 Å². The molecule has 0 fully saturated rings. The van der Waals surface area contributed by atoms with E-state index in [2.05, 4.69) is 65.0 Å². The van der Waals surface area contributed by atoms with E-state index >= 15 is 0 Å². The number of carbonyl (C=O) groups is 1. The average molecular weight is 442 g/mol. The van der Waals surface area contributed by atoms with Crippen LogP contribution in [0.2, 0.25) is 0 Å². The molecule has 1 N–H and O–H groups in total. The topological polar surface area (TPSA) is 80.4 Å². The van der Waals surface area contributed by atoms with Crippen LogP contribution in [-0.4, -0.2) is 16.0 Å². The summed E-state index contributed by atoms with van der Waals surface area (Å²) in [7, 11) is 0. The van der Waals surface area contributed by atoms with Crippen LogP contribution in [0, 0.1) is 10.1 Å². The second-order valence-corrected chi connectivity index (χ2v) is 7.84. The fraction of sp³-hybridized carbons (Fsp3) is 0.444.